The van der Waals surface area contributed by atoms with Gasteiger partial charge in [-0.15, -0.1) is 32.9 Å². The first-order valence-corrected chi connectivity index (χ1v) is 13.2. The number of amides is 1. The van der Waals surface area contributed by atoms with Crippen LogP contribution in [0.4, 0.5) is 5.00 Å². The Morgan fingerprint density at radius 2 is 2.03 bits per heavy atom. The lowest BCUT2D eigenvalue weighted by Crippen LogP contribution is -2.16. The molecular formula is C22H28N4O3S3. The third-order valence-corrected chi connectivity index (χ3v) is 7.43. The second-order valence-corrected chi connectivity index (χ2v) is 10.7. The minimum atomic E-state index is -0.429. The Labute approximate surface area is 200 Å². The SMILES string of the molecule is CCCc1cc(-c2nnc(SCC(=O)Nc3sc(C)cc3C(=O)OCC)n2C(C)C)cs1. The first kappa shape index (κ1) is 24.5. The van der Waals surface area contributed by atoms with Gasteiger partial charge in [-0.25, -0.2) is 4.79 Å². The van der Waals surface area contributed by atoms with Gasteiger partial charge in [0, 0.05) is 26.7 Å². The number of carbonyl (C=O) groups is 2. The molecule has 3 rings (SSSR count). The number of hydrogen-bond donors (Lipinski definition) is 1. The van der Waals surface area contributed by atoms with E-state index in [0.29, 0.717) is 15.7 Å². The molecule has 172 valence electrons. The molecule has 0 saturated heterocycles. The summed E-state index contributed by atoms with van der Waals surface area (Å²) in [6.07, 6.45) is 2.16. The number of esters is 1. The zero-order valence-corrected chi connectivity index (χ0v) is 21.4. The van der Waals surface area contributed by atoms with E-state index < -0.39 is 5.97 Å². The highest BCUT2D eigenvalue weighted by molar-refractivity contribution is 7.99. The molecule has 0 aliphatic rings. The lowest BCUT2D eigenvalue weighted by molar-refractivity contribution is -0.113. The summed E-state index contributed by atoms with van der Waals surface area (Å²) in [5, 5.41) is 14.9. The summed E-state index contributed by atoms with van der Waals surface area (Å²) in [5.41, 5.74) is 1.45. The highest BCUT2D eigenvalue weighted by atomic mass is 32.2. The topological polar surface area (TPSA) is 86.1 Å². The molecular weight excluding hydrogens is 464 g/mol. The van der Waals surface area contributed by atoms with Crippen molar-refractivity contribution < 1.29 is 14.3 Å². The molecule has 3 aromatic heterocycles. The molecule has 1 N–H and O–H groups in total. The monoisotopic (exact) mass is 492 g/mol. The molecule has 32 heavy (non-hydrogen) atoms. The number of thiophene rings is 2. The van der Waals surface area contributed by atoms with Gasteiger partial charge in [0.2, 0.25) is 5.91 Å². The van der Waals surface area contributed by atoms with E-state index >= 15 is 0 Å². The van der Waals surface area contributed by atoms with Gasteiger partial charge in [-0.3, -0.25) is 9.36 Å². The average molecular weight is 493 g/mol. The minimum absolute atomic E-state index is 0.149. The maximum Gasteiger partial charge on any atom is 0.341 e. The predicted octanol–water partition coefficient (Wildman–Crippen LogP) is 5.82. The van der Waals surface area contributed by atoms with Crippen LogP contribution in [0.1, 0.15) is 60.3 Å². The number of hydrogen-bond acceptors (Lipinski definition) is 8. The van der Waals surface area contributed by atoms with Gasteiger partial charge in [-0.05, 0) is 46.2 Å². The predicted molar refractivity (Wildman–Crippen MR) is 132 cm³/mol. The first-order valence-electron chi connectivity index (χ1n) is 10.6. The number of thioether (sulfide) groups is 1. The number of nitrogens with zero attached hydrogens (tertiary/aromatic N) is 3. The van der Waals surface area contributed by atoms with Crippen molar-refractivity contribution in [2.45, 2.75) is 58.7 Å². The van der Waals surface area contributed by atoms with Crippen LogP contribution in [0.2, 0.25) is 0 Å². The Morgan fingerprint density at radius 3 is 2.72 bits per heavy atom. The van der Waals surface area contributed by atoms with Crippen molar-refractivity contribution in [1.82, 2.24) is 14.8 Å². The van der Waals surface area contributed by atoms with Crippen molar-refractivity contribution >= 4 is 51.3 Å². The van der Waals surface area contributed by atoms with Gasteiger partial charge in [0.05, 0.1) is 17.9 Å². The third kappa shape index (κ3) is 5.79. The van der Waals surface area contributed by atoms with Crippen LogP contribution >= 0.6 is 34.4 Å². The standard InChI is InChI=1S/C22H28N4O3S3/c1-6-8-16-10-15(11-30-16)19-24-25-22(26(19)13(3)4)31-12-18(27)23-20-17(9-14(5)32-20)21(28)29-7-2/h9-11,13H,6-8,12H2,1-5H3,(H,23,27). The van der Waals surface area contributed by atoms with Crippen LogP contribution in [0.5, 0.6) is 0 Å². The fourth-order valence-electron chi connectivity index (χ4n) is 3.17. The van der Waals surface area contributed by atoms with E-state index in [-0.39, 0.29) is 24.3 Å². The molecule has 7 nitrogen and oxygen atoms in total. The molecule has 0 aromatic carbocycles. The normalized spacial score (nSPS) is 11.2. The number of aryl methyl sites for hydroxylation is 2. The van der Waals surface area contributed by atoms with Crippen molar-refractivity contribution in [1.29, 1.82) is 0 Å². The van der Waals surface area contributed by atoms with E-state index in [9.17, 15) is 9.59 Å². The molecule has 0 aliphatic heterocycles. The van der Waals surface area contributed by atoms with Crippen LogP contribution in [0.3, 0.4) is 0 Å². The molecule has 3 aromatic rings. The van der Waals surface area contributed by atoms with E-state index in [0.717, 1.165) is 29.1 Å². The highest BCUT2D eigenvalue weighted by Gasteiger charge is 2.21. The van der Waals surface area contributed by atoms with Gasteiger partial charge in [0.25, 0.3) is 0 Å². The molecule has 0 spiro atoms. The van der Waals surface area contributed by atoms with Crippen molar-refractivity contribution in [2.24, 2.45) is 0 Å². The maximum absolute atomic E-state index is 12.6. The third-order valence-electron chi connectivity index (χ3n) is 4.53. The smallest absolute Gasteiger partial charge is 0.341 e. The van der Waals surface area contributed by atoms with Gasteiger partial charge < -0.3 is 10.1 Å². The second kappa shape index (κ2) is 11.1. The minimum Gasteiger partial charge on any atom is -0.462 e. The van der Waals surface area contributed by atoms with Gasteiger partial charge in [0.15, 0.2) is 11.0 Å². The Balaban J connectivity index is 1.71. The van der Waals surface area contributed by atoms with Gasteiger partial charge in [-0.1, -0.05) is 25.1 Å². The van der Waals surface area contributed by atoms with Gasteiger partial charge >= 0.3 is 5.97 Å². The van der Waals surface area contributed by atoms with Crippen molar-refractivity contribution in [3.05, 3.63) is 32.8 Å². The number of ether oxygens (including phenoxy) is 1. The fraction of sp³-hybridized carbons (Fsp3) is 0.455. The summed E-state index contributed by atoms with van der Waals surface area (Å²) < 4.78 is 7.15. The van der Waals surface area contributed by atoms with E-state index in [2.05, 4.69) is 52.3 Å². The number of carbonyl (C=O) groups excluding carboxylic acids is 2. The zero-order valence-electron chi connectivity index (χ0n) is 18.9. The Hall–Kier alpha value is -2.17. The molecule has 0 radical (unpaired) electrons. The molecule has 3 heterocycles. The molecule has 1 amide bonds. The molecule has 0 aliphatic carbocycles. The number of nitrogens with one attached hydrogen (secondary N) is 1. The van der Waals surface area contributed by atoms with Crippen LogP contribution in [-0.2, 0) is 16.0 Å². The molecule has 0 bridgehead atoms. The van der Waals surface area contributed by atoms with Gasteiger partial charge in [0.1, 0.15) is 5.00 Å². The fourth-order valence-corrected chi connectivity index (χ4v) is 5.93. The number of anilines is 1. The van der Waals surface area contributed by atoms with Gasteiger partial charge in [-0.2, -0.15) is 0 Å². The van der Waals surface area contributed by atoms with Crippen molar-refractivity contribution in [3.63, 3.8) is 0 Å². The van der Waals surface area contributed by atoms with E-state index in [1.165, 1.54) is 28.0 Å². The first-order chi connectivity index (χ1) is 15.3. The zero-order chi connectivity index (χ0) is 23.3. The largest absolute Gasteiger partial charge is 0.462 e. The van der Waals surface area contributed by atoms with Crippen molar-refractivity contribution in [2.75, 3.05) is 17.7 Å². The van der Waals surface area contributed by atoms with E-state index in [1.807, 2.05) is 6.92 Å². The Bertz CT molecular complexity index is 1080. The Morgan fingerprint density at radius 1 is 1.25 bits per heavy atom. The average Bonchev–Trinajstić information content (AvgIpc) is 3.45. The summed E-state index contributed by atoms with van der Waals surface area (Å²) >= 11 is 4.43. The van der Waals surface area contributed by atoms with E-state index in [1.54, 1.807) is 24.3 Å². The van der Waals surface area contributed by atoms with Crippen LogP contribution in [0, 0.1) is 6.92 Å². The highest BCUT2D eigenvalue weighted by Crippen LogP contribution is 2.32. The van der Waals surface area contributed by atoms with Crippen LogP contribution in [0.25, 0.3) is 11.4 Å². The molecule has 0 saturated carbocycles. The summed E-state index contributed by atoms with van der Waals surface area (Å²) in [4.78, 5) is 27.0. The Kier molecular flexibility index (Phi) is 8.50. The quantitative estimate of drug-likeness (QED) is 0.284. The summed E-state index contributed by atoms with van der Waals surface area (Å²) in [7, 11) is 0. The molecule has 10 heteroatoms. The summed E-state index contributed by atoms with van der Waals surface area (Å²) in [5.74, 6) is 0.347. The second-order valence-electron chi connectivity index (χ2n) is 7.48. The molecule has 0 atom stereocenters. The van der Waals surface area contributed by atoms with E-state index in [4.69, 9.17) is 4.74 Å². The van der Waals surface area contributed by atoms with Crippen LogP contribution < -0.4 is 5.32 Å². The molecule has 0 fully saturated rings. The van der Waals surface area contributed by atoms with Crippen LogP contribution in [0.15, 0.2) is 22.7 Å². The maximum atomic E-state index is 12.6. The van der Waals surface area contributed by atoms with Crippen molar-refractivity contribution in [3.8, 4) is 11.4 Å². The molecule has 0 unspecified atom stereocenters. The number of rotatable bonds is 10. The summed E-state index contributed by atoms with van der Waals surface area (Å²) in [6, 6.07) is 4.06. The lowest BCUT2D eigenvalue weighted by atomic mass is 10.2. The summed E-state index contributed by atoms with van der Waals surface area (Å²) in [6.45, 7) is 10.3. The number of aromatic nitrogens is 3. The van der Waals surface area contributed by atoms with Crippen LogP contribution in [-0.4, -0.2) is 39.0 Å². The lowest BCUT2D eigenvalue weighted by Gasteiger charge is -2.13.